The first-order valence-corrected chi connectivity index (χ1v) is 29.9. The molecule has 0 aromatic heterocycles. The summed E-state index contributed by atoms with van der Waals surface area (Å²) in [6.45, 7) is 21.8. The average molecular weight is 1090 g/mol. The molecule has 3 saturated heterocycles. The van der Waals surface area contributed by atoms with Gasteiger partial charge in [0.1, 0.15) is 30.0 Å². The molecule has 0 spiro atoms. The van der Waals surface area contributed by atoms with Crippen LogP contribution in [0.25, 0.3) is 0 Å². The normalized spacial score (nSPS) is 38.3. The number of esters is 1. The summed E-state index contributed by atoms with van der Waals surface area (Å²) in [6, 6.07) is 3.10. The molecule has 3 heterocycles. The fraction of sp³-hybridized carbons (Fsp3) is 0.860. The quantitative estimate of drug-likeness (QED) is 0.0478. The van der Waals surface area contributed by atoms with E-state index in [0.29, 0.717) is 20.8 Å². The second kappa shape index (κ2) is 29.1. The fourth-order valence-electron chi connectivity index (χ4n) is 12.2. The van der Waals surface area contributed by atoms with Gasteiger partial charge < -0.3 is 63.8 Å². The predicted molar refractivity (Wildman–Crippen MR) is 293 cm³/mol. The Bertz CT molecular complexity index is 1890. The van der Waals surface area contributed by atoms with Crippen LogP contribution in [0.4, 0.5) is 0 Å². The van der Waals surface area contributed by atoms with Gasteiger partial charge in [-0.1, -0.05) is 89.1 Å². The summed E-state index contributed by atoms with van der Waals surface area (Å²) in [7, 11) is 5.55. The van der Waals surface area contributed by atoms with Crippen LogP contribution in [0, 0.1) is 31.6 Å². The monoisotopic (exact) mass is 1090 g/mol. The van der Waals surface area contributed by atoms with Crippen LogP contribution >= 0.6 is 19.2 Å². The molecule has 4 rings (SSSR count). The zero-order valence-corrected chi connectivity index (χ0v) is 49.7. The summed E-state index contributed by atoms with van der Waals surface area (Å²) < 4.78 is 38.1. The van der Waals surface area contributed by atoms with Gasteiger partial charge in [0.05, 0.1) is 47.6 Å². The molecule has 3 fully saturated rings. The number of aryl methyl sites for hydroxylation is 1. The molecule has 3 aliphatic heterocycles. The number of likely N-dealkylation sites (N-methyl/N-ethyl adjacent to an activating group) is 1. The zero-order valence-electron chi connectivity index (χ0n) is 47.9. The second-order valence-corrected chi connectivity index (χ2v) is 24.9. The molecule has 0 bridgehead atoms. The van der Waals surface area contributed by atoms with Crippen molar-refractivity contribution >= 4 is 36.4 Å². The molecule has 15 nitrogen and oxygen atoms in total. The van der Waals surface area contributed by atoms with E-state index in [1.54, 1.807) is 53.4 Å². The molecule has 19 atom stereocenters. The minimum Gasteiger partial charge on any atom is -0.459 e. The Morgan fingerprint density at radius 3 is 2.07 bits per heavy atom. The maximum Gasteiger partial charge on any atom is 0.311 e. The van der Waals surface area contributed by atoms with Crippen LogP contribution in [-0.2, 0) is 44.4 Å². The van der Waals surface area contributed by atoms with E-state index in [9.17, 15) is 35.1 Å². The first kappa shape index (κ1) is 65.0. The lowest BCUT2D eigenvalue weighted by molar-refractivity contribution is -0.318. The number of amides is 1. The molecule has 0 radical (unpaired) electrons. The predicted octanol–water partition coefficient (Wildman–Crippen LogP) is 8.02. The van der Waals surface area contributed by atoms with E-state index in [1.165, 1.54) is 55.3 Å². The van der Waals surface area contributed by atoms with E-state index in [4.69, 9.17) is 39.7 Å². The van der Waals surface area contributed by atoms with Gasteiger partial charge in [0.15, 0.2) is 12.6 Å². The Labute approximate surface area is 452 Å². The van der Waals surface area contributed by atoms with E-state index in [0.717, 1.165) is 38.5 Å². The Balaban J connectivity index is 1.57. The number of carbonyl (C=O) groups is 2. The third kappa shape index (κ3) is 16.7. The Hall–Kier alpha value is -1.56. The van der Waals surface area contributed by atoms with Crippen LogP contribution in [0.1, 0.15) is 176 Å². The summed E-state index contributed by atoms with van der Waals surface area (Å²) >= 11 is 6.19. The van der Waals surface area contributed by atoms with Crippen LogP contribution in [0.2, 0.25) is 0 Å². The van der Waals surface area contributed by atoms with Gasteiger partial charge in [-0.05, 0) is 143 Å². The fourth-order valence-corrected chi connectivity index (χ4v) is 13.2. The summed E-state index contributed by atoms with van der Waals surface area (Å²) in [4.78, 5) is 32.6. The third-order valence-electron chi connectivity index (χ3n) is 17.0. The Morgan fingerprint density at radius 1 is 0.878 bits per heavy atom. The number of cyclic esters (lactones) is 1. The number of rotatable bonds is 20. The number of unbranched alkanes of at least 4 members (excludes halogenated alkanes) is 8. The summed E-state index contributed by atoms with van der Waals surface area (Å²) in [6.07, 6.45) is 1.39. The van der Waals surface area contributed by atoms with Crippen molar-refractivity contribution in [2.24, 2.45) is 17.8 Å². The lowest BCUT2D eigenvalue weighted by atomic mass is 9.77. The lowest BCUT2D eigenvalue weighted by Gasteiger charge is -2.48. The molecule has 0 aliphatic carbocycles. The molecule has 1 aromatic rings. The van der Waals surface area contributed by atoms with E-state index < -0.39 is 102 Å². The standard InChI is InChI=1S/C57H100ClN2O13P/c1-16-45-57(12,67)50(63)40(8)60(46(61)27-25-23-21-19-17-18-20-22-24-26-42-35(3)28-29-44(74-58)37(42)5)33-34(2)31-55(10,66)52(73-54-48(62)43(59(13)14)30-36(4)69-54)38(6)49(39(7)53(65)71-45)72-47-32-56(11,68-15)51(64)41(9)70-47/h28-29,34,36,38-41,43,45,47-52,54,62-64,66-67,74H,16-27,30-33H2,1-15H3/t34-,36-,38+,39-,40-,41+,43+,45-,47+,48-,49+,50-,51+,52-,54+,55-,56-,57-/m1/s1. The molecule has 17 heteroatoms. The van der Waals surface area contributed by atoms with E-state index in [1.807, 2.05) is 32.8 Å². The maximum atomic E-state index is 14.6. The smallest absolute Gasteiger partial charge is 0.311 e. The van der Waals surface area contributed by atoms with Gasteiger partial charge >= 0.3 is 5.97 Å². The lowest BCUT2D eigenvalue weighted by Crippen LogP contribution is -2.60. The summed E-state index contributed by atoms with van der Waals surface area (Å²) in [5.74, 6) is -3.24. The highest BCUT2D eigenvalue weighted by atomic mass is 35.7. The average Bonchev–Trinajstić information content (AvgIpc) is 3.34. The molecule has 1 amide bonds. The van der Waals surface area contributed by atoms with Crippen LogP contribution in [0.3, 0.4) is 0 Å². The summed E-state index contributed by atoms with van der Waals surface area (Å²) in [5.41, 5.74) is -0.653. The number of nitrogens with zero attached hydrogens (tertiary/aromatic N) is 2. The molecule has 0 saturated carbocycles. The number of hydrogen-bond donors (Lipinski definition) is 5. The number of benzene rings is 1. The van der Waals surface area contributed by atoms with Crippen molar-refractivity contribution in [3.8, 4) is 0 Å². The van der Waals surface area contributed by atoms with Crippen molar-refractivity contribution in [1.82, 2.24) is 9.80 Å². The number of ether oxygens (including phenoxy) is 6. The molecule has 428 valence electrons. The highest BCUT2D eigenvalue weighted by Crippen LogP contribution is 2.40. The van der Waals surface area contributed by atoms with E-state index in [2.05, 4.69) is 26.0 Å². The minimum absolute atomic E-state index is 0.0787. The molecule has 3 aliphatic rings. The van der Waals surface area contributed by atoms with Crippen molar-refractivity contribution < 1.29 is 63.5 Å². The number of aliphatic hydroxyl groups excluding tert-OH is 3. The van der Waals surface area contributed by atoms with Gasteiger partial charge in [-0.3, -0.25) is 9.59 Å². The molecule has 1 aromatic carbocycles. The molecular weight excluding hydrogens is 987 g/mol. The van der Waals surface area contributed by atoms with Gasteiger partial charge in [0.25, 0.3) is 0 Å². The number of halogens is 1. The first-order chi connectivity index (χ1) is 34.6. The number of methoxy groups -OCH3 is 1. The first-order valence-electron chi connectivity index (χ1n) is 27.9. The van der Waals surface area contributed by atoms with Crippen molar-refractivity contribution in [3.05, 3.63) is 28.8 Å². The van der Waals surface area contributed by atoms with Crippen molar-refractivity contribution in [1.29, 1.82) is 0 Å². The van der Waals surface area contributed by atoms with E-state index in [-0.39, 0.29) is 50.3 Å². The van der Waals surface area contributed by atoms with Gasteiger partial charge in [0, 0.05) is 46.4 Å². The van der Waals surface area contributed by atoms with Gasteiger partial charge in [-0.25, -0.2) is 0 Å². The van der Waals surface area contributed by atoms with Crippen molar-refractivity contribution in [2.45, 2.75) is 270 Å². The third-order valence-corrected chi connectivity index (χ3v) is 18.3. The van der Waals surface area contributed by atoms with Gasteiger partial charge in [-0.2, -0.15) is 0 Å². The second-order valence-electron chi connectivity index (χ2n) is 23.6. The molecular formula is C57H100ClN2O13P. The van der Waals surface area contributed by atoms with Crippen LogP contribution < -0.4 is 5.30 Å². The summed E-state index contributed by atoms with van der Waals surface area (Å²) in [5, 5.41) is 61.4. The number of aliphatic hydroxyl groups is 5. The van der Waals surface area contributed by atoms with Crippen molar-refractivity contribution in [2.75, 3.05) is 27.7 Å². The largest absolute Gasteiger partial charge is 0.459 e. The van der Waals surface area contributed by atoms with Crippen LogP contribution in [-0.4, -0.2) is 165 Å². The number of hydrogen-bond acceptors (Lipinski definition) is 14. The topological polar surface area (TPSA) is 197 Å². The van der Waals surface area contributed by atoms with Gasteiger partial charge in [0.2, 0.25) is 5.91 Å². The van der Waals surface area contributed by atoms with Gasteiger partial charge in [-0.15, -0.1) is 0 Å². The minimum atomic E-state index is -2.00. The van der Waals surface area contributed by atoms with E-state index >= 15 is 0 Å². The molecule has 74 heavy (non-hydrogen) atoms. The zero-order chi connectivity index (χ0) is 55.5. The molecule has 1 unspecified atom stereocenters. The Kier molecular flexibility index (Phi) is 25.5. The van der Waals surface area contributed by atoms with Crippen LogP contribution in [0.15, 0.2) is 12.1 Å². The highest BCUT2D eigenvalue weighted by Gasteiger charge is 2.53. The SMILES string of the molecule is CC[C@H]1OC(=O)[C@H](C)[C@@H](O[C@H]2C[C@@](C)(OC)[C@@H](O)[C@H](C)O2)[C@H](C)[C@@H](O[C@@H]2O[C@H](C)C[C@H](N(C)C)[C@H]2O)[C@](C)(O)C[C@@H](C)CN(C(=O)CCCCCCCCCCCc2c(C)ccc(PCl)c2C)[C@H](C)[C@@H](O)[C@]1(C)O. The highest BCUT2D eigenvalue weighted by molar-refractivity contribution is 7.75. The van der Waals surface area contributed by atoms with Crippen LogP contribution in [0.5, 0.6) is 0 Å². The number of carbonyl (C=O) groups excluding carboxylic acids is 2. The van der Waals surface area contributed by atoms with Crippen molar-refractivity contribution in [3.63, 3.8) is 0 Å². The maximum absolute atomic E-state index is 14.6. The molecule has 5 N–H and O–H groups in total. The Morgan fingerprint density at radius 2 is 1.49 bits per heavy atom.